The van der Waals surface area contributed by atoms with Crippen LogP contribution in [0.5, 0.6) is 5.75 Å². The molecule has 0 spiro atoms. The van der Waals surface area contributed by atoms with Crippen molar-refractivity contribution in [1.29, 1.82) is 0 Å². The number of hydrogen-bond acceptors (Lipinski definition) is 3. The molecule has 0 aliphatic carbocycles. The summed E-state index contributed by atoms with van der Waals surface area (Å²) in [6.45, 7) is 4.03. The number of halogens is 2. The van der Waals surface area contributed by atoms with E-state index in [9.17, 15) is 4.79 Å². The molecule has 0 heterocycles. The molecule has 1 unspecified atom stereocenters. The number of amides is 1. The SMILES string of the molecule is CCCC(C)(N)C(=O)NCc1c(Cl)cccc1OC.Cl. The van der Waals surface area contributed by atoms with E-state index in [1.54, 1.807) is 32.2 Å². The average Bonchev–Trinajstić information content (AvgIpc) is 2.36. The van der Waals surface area contributed by atoms with Crippen LogP contribution in [-0.4, -0.2) is 18.6 Å². The Morgan fingerprint density at radius 2 is 2.15 bits per heavy atom. The van der Waals surface area contributed by atoms with Gasteiger partial charge in [-0.25, -0.2) is 0 Å². The Bertz CT molecular complexity index is 451. The van der Waals surface area contributed by atoms with Crippen LogP contribution in [0.2, 0.25) is 5.02 Å². The summed E-state index contributed by atoms with van der Waals surface area (Å²) in [4.78, 5) is 12.0. The van der Waals surface area contributed by atoms with Crippen molar-refractivity contribution in [3.63, 3.8) is 0 Å². The topological polar surface area (TPSA) is 64.4 Å². The van der Waals surface area contributed by atoms with E-state index in [4.69, 9.17) is 22.1 Å². The summed E-state index contributed by atoms with van der Waals surface area (Å²) in [5.41, 5.74) is 5.87. The molecule has 0 saturated heterocycles. The van der Waals surface area contributed by atoms with Crippen LogP contribution in [-0.2, 0) is 11.3 Å². The van der Waals surface area contributed by atoms with Gasteiger partial charge in [-0.15, -0.1) is 12.4 Å². The van der Waals surface area contributed by atoms with Gasteiger partial charge in [0, 0.05) is 17.1 Å². The maximum atomic E-state index is 12.0. The van der Waals surface area contributed by atoms with Gasteiger partial charge in [0.1, 0.15) is 5.75 Å². The van der Waals surface area contributed by atoms with E-state index in [-0.39, 0.29) is 18.3 Å². The van der Waals surface area contributed by atoms with Crippen LogP contribution in [0, 0.1) is 0 Å². The minimum absolute atomic E-state index is 0. The van der Waals surface area contributed by atoms with Gasteiger partial charge in [0.2, 0.25) is 5.91 Å². The van der Waals surface area contributed by atoms with Gasteiger partial charge in [-0.05, 0) is 25.5 Å². The third kappa shape index (κ3) is 4.85. The molecule has 0 aliphatic heterocycles. The van der Waals surface area contributed by atoms with E-state index in [0.29, 0.717) is 23.7 Å². The van der Waals surface area contributed by atoms with Gasteiger partial charge < -0.3 is 15.8 Å². The number of methoxy groups -OCH3 is 1. The van der Waals surface area contributed by atoms with E-state index in [0.717, 1.165) is 12.0 Å². The lowest BCUT2D eigenvalue weighted by Crippen LogP contribution is -2.51. The second-order valence-electron chi connectivity index (χ2n) is 4.77. The summed E-state index contributed by atoms with van der Waals surface area (Å²) in [6, 6.07) is 5.37. The lowest BCUT2D eigenvalue weighted by atomic mass is 9.96. The Morgan fingerprint density at radius 1 is 1.50 bits per heavy atom. The molecule has 4 nitrogen and oxygen atoms in total. The van der Waals surface area contributed by atoms with Crippen molar-refractivity contribution in [3.8, 4) is 5.75 Å². The number of benzene rings is 1. The fourth-order valence-corrected chi connectivity index (χ4v) is 2.14. The van der Waals surface area contributed by atoms with Crippen LogP contribution in [0.15, 0.2) is 18.2 Å². The molecule has 0 saturated carbocycles. The molecule has 1 aromatic carbocycles. The standard InChI is InChI=1S/C14H21ClN2O2.ClH/c1-4-8-14(2,16)13(18)17-9-10-11(15)6-5-7-12(10)19-3;/h5-7H,4,8-9,16H2,1-3H3,(H,17,18);1H. The molecule has 6 heteroatoms. The average molecular weight is 321 g/mol. The summed E-state index contributed by atoms with van der Waals surface area (Å²) in [5.74, 6) is 0.471. The number of ether oxygens (including phenoxy) is 1. The highest BCUT2D eigenvalue weighted by Gasteiger charge is 2.27. The van der Waals surface area contributed by atoms with Crippen molar-refractivity contribution in [2.24, 2.45) is 5.73 Å². The minimum Gasteiger partial charge on any atom is -0.496 e. The van der Waals surface area contributed by atoms with Crippen molar-refractivity contribution >= 4 is 29.9 Å². The molecule has 20 heavy (non-hydrogen) atoms. The van der Waals surface area contributed by atoms with E-state index in [1.807, 2.05) is 6.92 Å². The fraction of sp³-hybridized carbons (Fsp3) is 0.500. The first-order valence-corrected chi connectivity index (χ1v) is 6.68. The molecule has 3 N–H and O–H groups in total. The molecule has 0 bridgehead atoms. The second-order valence-corrected chi connectivity index (χ2v) is 5.18. The summed E-state index contributed by atoms with van der Waals surface area (Å²) in [6.07, 6.45) is 1.49. The van der Waals surface area contributed by atoms with E-state index in [1.165, 1.54) is 0 Å². The van der Waals surface area contributed by atoms with Crippen molar-refractivity contribution in [1.82, 2.24) is 5.32 Å². The first-order valence-electron chi connectivity index (χ1n) is 6.31. The summed E-state index contributed by atoms with van der Waals surface area (Å²) < 4.78 is 5.22. The van der Waals surface area contributed by atoms with Crippen molar-refractivity contribution in [2.75, 3.05) is 7.11 Å². The minimum atomic E-state index is -0.858. The molecular weight excluding hydrogens is 299 g/mol. The van der Waals surface area contributed by atoms with E-state index >= 15 is 0 Å². The number of hydrogen-bond donors (Lipinski definition) is 2. The van der Waals surface area contributed by atoms with Crippen molar-refractivity contribution in [2.45, 2.75) is 38.8 Å². The third-order valence-electron chi connectivity index (χ3n) is 3.01. The Hall–Kier alpha value is -0.970. The maximum Gasteiger partial charge on any atom is 0.240 e. The molecule has 0 radical (unpaired) electrons. The second kappa shape index (κ2) is 8.35. The van der Waals surface area contributed by atoms with Crippen LogP contribution in [0.4, 0.5) is 0 Å². The molecule has 0 aromatic heterocycles. The quantitative estimate of drug-likeness (QED) is 0.847. The number of rotatable bonds is 6. The molecule has 0 fully saturated rings. The van der Waals surface area contributed by atoms with E-state index in [2.05, 4.69) is 5.32 Å². The number of carbonyl (C=O) groups excluding carboxylic acids is 1. The largest absolute Gasteiger partial charge is 0.496 e. The number of nitrogens with two attached hydrogens (primary N) is 1. The predicted molar refractivity (Wildman–Crippen MR) is 84.6 cm³/mol. The smallest absolute Gasteiger partial charge is 0.240 e. The first-order chi connectivity index (χ1) is 8.92. The Labute approximate surface area is 131 Å². The Kier molecular flexibility index (Phi) is 7.94. The highest BCUT2D eigenvalue weighted by molar-refractivity contribution is 6.31. The molecular formula is C14H22Cl2N2O2. The Morgan fingerprint density at radius 3 is 2.70 bits per heavy atom. The molecule has 1 atom stereocenters. The molecule has 1 rings (SSSR count). The molecule has 0 aliphatic rings. The summed E-state index contributed by atoms with van der Waals surface area (Å²) in [7, 11) is 1.57. The van der Waals surface area contributed by atoms with Gasteiger partial charge in [0.25, 0.3) is 0 Å². The van der Waals surface area contributed by atoms with Gasteiger partial charge in [-0.2, -0.15) is 0 Å². The highest BCUT2D eigenvalue weighted by Crippen LogP contribution is 2.26. The summed E-state index contributed by atoms with van der Waals surface area (Å²) >= 11 is 6.10. The molecule has 1 amide bonds. The van der Waals surface area contributed by atoms with Crippen LogP contribution in [0.1, 0.15) is 32.3 Å². The van der Waals surface area contributed by atoms with Gasteiger partial charge >= 0.3 is 0 Å². The molecule has 114 valence electrons. The maximum absolute atomic E-state index is 12.0. The fourth-order valence-electron chi connectivity index (χ4n) is 1.91. The van der Waals surface area contributed by atoms with E-state index < -0.39 is 5.54 Å². The van der Waals surface area contributed by atoms with Crippen LogP contribution in [0.3, 0.4) is 0 Å². The highest BCUT2D eigenvalue weighted by atomic mass is 35.5. The van der Waals surface area contributed by atoms with Crippen LogP contribution in [0.25, 0.3) is 0 Å². The van der Waals surface area contributed by atoms with Gasteiger partial charge in [-0.3, -0.25) is 4.79 Å². The van der Waals surface area contributed by atoms with Crippen LogP contribution < -0.4 is 15.8 Å². The number of carbonyl (C=O) groups is 1. The first kappa shape index (κ1) is 19.0. The number of nitrogens with one attached hydrogen (secondary N) is 1. The lowest BCUT2D eigenvalue weighted by Gasteiger charge is -2.23. The lowest BCUT2D eigenvalue weighted by molar-refractivity contribution is -0.126. The van der Waals surface area contributed by atoms with Gasteiger partial charge in [-0.1, -0.05) is 31.0 Å². The normalized spacial score (nSPS) is 13.1. The monoisotopic (exact) mass is 320 g/mol. The van der Waals surface area contributed by atoms with Crippen molar-refractivity contribution in [3.05, 3.63) is 28.8 Å². The zero-order valence-corrected chi connectivity index (χ0v) is 13.6. The van der Waals surface area contributed by atoms with Gasteiger partial charge in [0.05, 0.1) is 12.6 Å². The third-order valence-corrected chi connectivity index (χ3v) is 3.36. The van der Waals surface area contributed by atoms with Crippen molar-refractivity contribution < 1.29 is 9.53 Å². The van der Waals surface area contributed by atoms with Gasteiger partial charge in [0.15, 0.2) is 0 Å². The molecule has 1 aromatic rings. The Balaban J connectivity index is 0.00000361. The zero-order chi connectivity index (χ0) is 14.5. The summed E-state index contributed by atoms with van der Waals surface area (Å²) in [5, 5.41) is 3.37. The predicted octanol–water partition coefficient (Wildman–Crippen LogP) is 2.90. The zero-order valence-electron chi connectivity index (χ0n) is 12.0. The van der Waals surface area contributed by atoms with Crippen LogP contribution >= 0.6 is 24.0 Å².